The Morgan fingerprint density at radius 3 is 2.86 bits per heavy atom. The molecule has 0 saturated heterocycles. The number of halogens is 3. The Hall–Kier alpha value is -3.34. The quantitative estimate of drug-likeness (QED) is 0.601. The summed E-state index contributed by atoms with van der Waals surface area (Å²) in [7, 11) is 0. The van der Waals surface area contributed by atoms with E-state index in [0.29, 0.717) is 11.1 Å². The van der Waals surface area contributed by atoms with E-state index < -0.39 is 11.7 Å². The number of hydrogen-bond acceptors (Lipinski definition) is 4. The first kappa shape index (κ1) is 20.4. The monoisotopic (exact) mass is 430 g/mol. The van der Waals surface area contributed by atoms with E-state index in [1.807, 2.05) is 6.07 Å². The van der Waals surface area contributed by atoms with Crippen molar-refractivity contribution in [1.29, 1.82) is 5.26 Å². The van der Waals surface area contributed by atoms with Crippen molar-refractivity contribution in [3.8, 4) is 17.6 Å². The van der Waals surface area contributed by atoms with Crippen LogP contribution in [0.3, 0.4) is 0 Å². The minimum Gasteiger partial charge on any atom is -0.453 e. The van der Waals surface area contributed by atoms with Gasteiger partial charge in [-0.3, -0.25) is 4.79 Å². The van der Waals surface area contributed by atoms with Crippen LogP contribution in [0.15, 0.2) is 49.4 Å². The molecule has 1 heterocycles. The van der Waals surface area contributed by atoms with E-state index in [0.717, 1.165) is 4.09 Å². The molecule has 1 N–H and O–H groups in total. The van der Waals surface area contributed by atoms with Crippen molar-refractivity contribution in [2.24, 2.45) is 0 Å². The highest BCUT2D eigenvalue weighted by atomic mass is 35.5. The molecule has 0 aliphatic rings. The van der Waals surface area contributed by atoms with Gasteiger partial charge in [-0.15, -0.1) is 0 Å². The number of benzene rings is 2. The van der Waals surface area contributed by atoms with Gasteiger partial charge in [0.2, 0.25) is 0 Å². The summed E-state index contributed by atoms with van der Waals surface area (Å²) in [6.45, 7) is 3.52. The summed E-state index contributed by atoms with van der Waals surface area (Å²) in [5.41, 5.74) is 1.23. The lowest BCUT2D eigenvalue weighted by Gasteiger charge is -2.13. The zero-order valence-corrected chi connectivity index (χ0v) is 16.3. The molecule has 0 radical (unpaired) electrons. The molecule has 0 aliphatic heterocycles. The Bertz CT molecular complexity index is 1140. The lowest BCUT2D eigenvalue weighted by atomic mass is 10.1. The fourth-order valence-electron chi connectivity index (χ4n) is 2.49. The van der Waals surface area contributed by atoms with E-state index in [-0.39, 0.29) is 34.3 Å². The molecule has 9 heteroatoms. The van der Waals surface area contributed by atoms with E-state index in [2.05, 4.69) is 16.9 Å². The molecular weight excluding hydrogens is 418 g/mol. The van der Waals surface area contributed by atoms with Crippen LogP contribution in [0.4, 0.5) is 4.39 Å². The molecule has 3 aromatic rings. The van der Waals surface area contributed by atoms with Gasteiger partial charge in [0.25, 0.3) is 5.91 Å². The van der Waals surface area contributed by atoms with E-state index >= 15 is 0 Å². The Morgan fingerprint density at radius 1 is 1.41 bits per heavy atom. The topological polar surface area (TPSA) is 79.9 Å². The van der Waals surface area contributed by atoms with Gasteiger partial charge in [0.15, 0.2) is 11.6 Å². The standard InChI is InChI=1S/C20H13Cl2FN4O2/c1-2-12-5-13(8-24)7-15(6-12)29-19-16(21)4-3-14(18(19)23)9-26-20(28)17-10-25-11-27(17)22/h2-7,10-11H,1,9H2,(H,26,28). The fraction of sp³-hybridized carbons (Fsp3) is 0.0500. The predicted molar refractivity (Wildman–Crippen MR) is 107 cm³/mol. The number of nitrogens with zero attached hydrogens (tertiary/aromatic N) is 3. The average Bonchev–Trinajstić information content (AvgIpc) is 3.16. The van der Waals surface area contributed by atoms with Crippen LogP contribution in [0.25, 0.3) is 6.08 Å². The molecule has 29 heavy (non-hydrogen) atoms. The second-order valence-corrected chi connectivity index (χ2v) is 6.60. The smallest absolute Gasteiger partial charge is 0.271 e. The molecule has 0 saturated carbocycles. The summed E-state index contributed by atoms with van der Waals surface area (Å²) in [4.78, 5) is 15.9. The summed E-state index contributed by atoms with van der Waals surface area (Å²) >= 11 is 11.9. The third-order valence-corrected chi connectivity index (χ3v) is 4.48. The Morgan fingerprint density at radius 2 is 2.21 bits per heavy atom. The number of rotatable bonds is 6. The van der Waals surface area contributed by atoms with Gasteiger partial charge in [-0.05, 0) is 29.8 Å². The van der Waals surface area contributed by atoms with Gasteiger partial charge in [0.05, 0.1) is 22.9 Å². The third kappa shape index (κ3) is 4.57. The number of nitrogens with one attached hydrogen (secondary N) is 1. The summed E-state index contributed by atoms with van der Waals surface area (Å²) in [6.07, 6.45) is 4.09. The summed E-state index contributed by atoms with van der Waals surface area (Å²) < 4.78 is 21.6. The Balaban J connectivity index is 1.84. The molecule has 0 aliphatic carbocycles. The van der Waals surface area contributed by atoms with E-state index in [9.17, 15) is 9.18 Å². The first-order valence-corrected chi connectivity index (χ1v) is 8.93. The van der Waals surface area contributed by atoms with Gasteiger partial charge in [0.1, 0.15) is 17.8 Å². The number of hydrogen-bond donors (Lipinski definition) is 1. The summed E-state index contributed by atoms with van der Waals surface area (Å²) in [6, 6.07) is 9.56. The molecule has 1 aromatic heterocycles. The minimum absolute atomic E-state index is 0.0407. The normalized spacial score (nSPS) is 10.3. The second kappa shape index (κ2) is 8.78. The van der Waals surface area contributed by atoms with E-state index in [4.69, 9.17) is 33.4 Å². The molecule has 0 unspecified atom stereocenters. The van der Waals surface area contributed by atoms with Gasteiger partial charge in [0, 0.05) is 23.9 Å². The molecule has 0 fully saturated rings. The maximum Gasteiger partial charge on any atom is 0.271 e. The summed E-state index contributed by atoms with van der Waals surface area (Å²) in [5, 5.41) is 11.7. The van der Waals surface area contributed by atoms with Crippen LogP contribution in [-0.2, 0) is 6.54 Å². The van der Waals surface area contributed by atoms with Crippen LogP contribution in [0.1, 0.15) is 27.2 Å². The van der Waals surface area contributed by atoms with E-state index in [1.165, 1.54) is 30.7 Å². The average molecular weight is 431 g/mol. The molecule has 0 spiro atoms. The zero-order chi connectivity index (χ0) is 21.0. The predicted octanol–water partition coefficient (Wildman–Crippen LogP) is 4.91. The van der Waals surface area contributed by atoms with Gasteiger partial charge < -0.3 is 10.1 Å². The molecule has 2 aromatic carbocycles. The van der Waals surface area contributed by atoms with E-state index in [1.54, 1.807) is 18.2 Å². The largest absolute Gasteiger partial charge is 0.453 e. The van der Waals surface area contributed by atoms with Crippen LogP contribution in [-0.4, -0.2) is 15.0 Å². The van der Waals surface area contributed by atoms with Gasteiger partial charge >= 0.3 is 0 Å². The number of carbonyl (C=O) groups is 1. The number of ether oxygens (including phenoxy) is 1. The molecule has 0 atom stereocenters. The first-order valence-electron chi connectivity index (χ1n) is 8.22. The van der Waals surface area contributed by atoms with Crippen LogP contribution >= 0.6 is 23.4 Å². The molecule has 146 valence electrons. The van der Waals surface area contributed by atoms with Crippen LogP contribution in [0.2, 0.25) is 5.02 Å². The second-order valence-electron chi connectivity index (χ2n) is 5.83. The van der Waals surface area contributed by atoms with Crippen molar-refractivity contribution in [2.45, 2.75) is 6.54 Å². The molecule has 1 amide bonds. The minimum atomic E-state index is -0.736. The maximum absolute atomic E-state index is 15.0. The van der Waals surface area contributed by atoms with Crippen molar-refractivity contribution in [2.75, 3.05) is 0 Å². The van der Waals surface area contributed by atoms with Gasteiger partial charge in [-0.25, -0.2) is 13.5 Å². The highest BCUT2D eigenvalue weighted by Gasteiger charge is 2.17. The number of carbonyl (C=O) groups excluding carboxylic acids is 1. The number of amides is 1. The molecule has 3 rings (SSSR count). The zero-order valence-electron chi connectivity index (χ0n) is 14.8. The Labute approximate surface area is 175 Å². The van der Waals surface area contributed by atoms with Crippen molar-refractivity contribution >= 4 is 35.4 Å². The fourth-order valence-corrected chi connectivity index (χ4v) is 2.84. The highest BCUT2D eigenvalue weighted by molar-refractivity contribution is 6.32. The van der Waals surface area contributed by atoms with Crippen molar-refractivity contribution < 1.29 is 13.9 Å². The number of imidazole rings is 1. The molecule has 6 nitrogen and oxygen atoms in total. The van der Waals surface area contributed by atoms with Crippen LogP contribution in [0.5, 0.6) is 11.5 Å². The lowest BCUT2D eigenvalue weighted by molar-refractivity contribution is 0.0945. The lowest BCUT2D eigenvalue weighted by Crippen LogP contribution is -2.24. The van der Waals surface area contributed by atoms with Crippen molar-refractivity contribution in [1.82, 2.24) is 14.4 Å². The van der Waals surface area contributed by atoms with Gasteiger partial charge in [-0.2, -0.15) is 5.26 Å². The van der Waals surface area contributed by atoms with Crippen LogP contribution in [0, 0.1) is 17.1 Å². The first-order chi connectivity index (χ1) is 13.9. The SMILES string of the molecule is C=Cc1cc(C#N)cc(Oc2c(Cl)ccc(CNC(=O)c3cncn3Cl)c2F)c1. The van der Waals surface area contributed by atoms with Gasteiger partial charge in [-0.1, -0.05) is 30.3 Å². The Kier molecular flexibility index (Phi) is 6.17. The maximum atomic E-state index is 15.0. The molecule has 0 bridgehead atoms. The molecular formula is C20H13Cl2FN4O2. The number of nitriles is 1. The number of aromatic nitrogens is 2. The van der Waals surface area contributed by atoms with Crippen molar-refractivity contribution in [3.63, 3.8) is 0 Å². The highest BCUT2D eigenvalue weighted by Crippen LogP contribution is 2.34. The third-order valence-electron chi connectivity index (χ3n) is 3.91. The summed E-state index contributed by atoms with van der Waals surface area (Å²) in [5.74, 6) is -1.25. The van der Waals surface area contributed by atoms with Crippen molar-refractivity contribution in [3.05, 3.63) is 82.7 Å². The van der Waals surface area contributed by atoms with Crippen LogP contribution < -0.4 is 10.1 Å².